The lowest BCUT2D eigenvalue weighted by Gasteiger charge is -2.18. The summed E-state index contributed by atoms with van der Waals surface area (Å²) in [6.07, 6.45) is 0.0803. The molecule has 23 heavy (non-hydrogen) atoms. The Morgan fingerprint density at radius 3 is 2.39 bits per heavy atom. The topological polar surface area (TPSA) is 55.4 Å². The minimum atomic E-state index is -0.396. The molecular formula is C19H21NO3. The zero-order valence-electron chi connectivity index (χ0n) is 13.6. The van der Waals surface area contributed by atoms with Crippen molar-refractivity contribution in [3.05, 3.63) is 65.2 Å². The van der Waals surface area contributed by atoms with Crippen molar-refractivity contribution in [2.45, 2.75) is 33.2 Å². The summed E-state index contributed by atoms with van der Waals surface area (Å²) >= 11 is 0. The fourth-order valence-corrected chi connectivity index (χ4v) is 2.43. The Kier molecular flexibility index (Phi) is 5.52. The first-order chi connectivity index (χ1) is 11.0. The van der Waals surface area contributed by atoms with Crippen LogP contribution < -0.4 is 10.1 Å². The molecular weight excluding hydrogens is 290 g/mol. The molecule has 120 valence electrons. The quantitative estimate of drug-likeness (QED) is 0.679. The van der Waals surface area contributed by atoms with E-state index >= 15 is 0 Å². The number of hydrogen-bond donors (Lipinski definition) is 1. The second kappa shape index (κ2) is 7.58. The summed E-state index contributed by atoms with van der Waals surface area (Å²) in [5.74, 6) is -0.00652. The molecule has 0 radical (unpaired) electrons. The summed E-state index contributed by atoms with van der Waals surface area (Å²) in [6.45, 7) is 5.32. The average Bonchev–Trinajstić information content (AvgIpc) is 2.50. The van der Waals surface area contributed by atoms with Crippen molar-refractivity contribution < 1.29 is 14.3 Å². The summed E-state index contributed by atoms with van der Waals surface area (Å²) < 4.78 is 5.44. The molecule has 1 N–H and O–H groups in total. The molecule has 0 aliphatic rings. The molecule has 4 nitrogen and oxygen atoms in total. The lowest BCUT2D eigenvalue weighted by atomic mass is 10.0. The lowest BCUT2D eigenvalue weighted by Crippen LogP contribution is -2.29. The molecule has 2 aromatic carbocycles. The van der Waals surface area contributed by atoms with Crippen molar-refractivity contribution in [1.29, 1.82) is 0 Å². The highest BCUT2D eigenvalue weighted by Gasteiger charge is 2.18. The summed E-state index contributed by atoms with van der Waals surface area (Å²) in [7, 11) is 0. The maximum atomic E-state index is 12.2. The molecule has 2 rings (SSSR count). The molecule has 0 aromatic heterocycles. The third kappa shape index (κ3) is 4.95. The van der Waals surface area contributed by atoms with Crippen molar-refractivity contribution >= 4 is 11.9 Å². The SMILES string of the molecule is CC(=O)NC(CC(=O)Oc1ccc(C)cc1C)c1ccccc1. The van der Waals surface area contributed by atoms with Crippen LogP contribution in [0.3, 0.4) is 0 Å². The lowest BCUT2D eigenvalue weighted by molar-refractivity contribution is -0.135. The van der Waals surface area contributed by atoms with Crippen molar-refractivity contribution in [2.24, 2.45) is 0 Å². The predicted molar refractivity (Wildman–Crippen MR) is 89.2 cm³/mol. The van der Waals surface area contributed by atoms with Crippen molar-refractivity contribution in [3.63, 3.8) is 0 Å². The second-order valence-electron chi connectivity index (χ2n) is 5.61. The fraction of sp³-hybridized carbons (Fsp3) is 0.263. The highest BCUT2D eigenvalue weighted by Crippen LogP contribution is 2.22. The molecule has 0 spiro atoms. The Balaban J connectivity index is 2.09. The van der Waals surface area contributed by atoms with Gasteiger partial charge in [-0.15, -0.1) is 0 Å². The van der Waals surface area contributed by atoms with E-state index in [1.165, 1.54) is 6.92 Å². The number of carbonyl (C=O) groups excluding carboxylic acids is 2. The van der Waals surface area contributed by atoms with Gasteiger partial charge in [0.2, 0.25) is 5.91 Å². The molecule has 0 fully saturated rings. The fourth-order valence-electron chi connectivity index (χ4n) is 2.43. The van der Waals surface area contributed by atoms with E-state index in [1.54, 1.807) is 6.07 Å². The number of aryl methyl sites for hydroxylation is 2. The van der Waals surface area contributed by atoms with Crippen molar-refractivity contribution in [1.82, 2.24) is 5.32 Å². The van der Waals surface area contributed by atoms with Gasteiger partial charge >= 0.3 is 5.97 Å². The molecule has 2 aromatic rings. The van der Waals surface area contributed by atoms with Gasteiger partial charge in [0.25, 0.3) is 0 Å². The van der Waals surface area contributed by atoms with Crippen LogP contribution in [0.4, 0.5) is 0 Å². The number of esters is 1. The molecule has 0 aliphatic carbocycles. The smallest absolute Gasteiger partial charge is 0.313 e. The summed E-state index contributed by atoms with van der Waals surface area (Å²) in [5, 5.41) is 2.80. The molecule has 0 bridgehead atoms. The Bertz CT molecular complexity index is 695. The second-order valence-corrected chi connectivity index (χ2v) is 5.61. The van der Waals surface area contributed by atoms with Gasteiger partial charge in [0, 0.05) is 6.92 Å². The highest BCUT2D eigenvalue weighted by molar-refractivity contribution is 5.77. The van der Waals surface area contributed by atoms with E-state index in [2.05, 4.69) is 5.32 Å². The van der Waals surface area contributed by atoms with E-state index in [1.807, 2.05) is 56.3 Å². The maximum Gasteiger partial charge on any atom is 0.313 e. The highest BCUT2D eigenvalue weighted by atomic mass is 16.5. The van der Waals surface area contributed by atoms with E-state index in [0.717, 1.165) is 16.7 Å². The summed E-state index contributed by atoms with van der Waals surface area (Å²) in [6, 6.07) is 14.7. The molecule has 1 unspecified atom stereocenters. The zero-order chi connectivity index (χ0) is 16.8. The van der Waals surface area contributed by atoms with Crippen LogP contribution in [0.1, 0.15) is 36.1 Å². The van der Waals surface area contributed by atoms with Crippen LogP contribution in [0.25, 0.3) is 0 Å². The van der Waals surface area contributed by atoms with Crippen LogP contribution in [0.2, 0.25) is 0 Å². The zero-order valence-corrected chi connectivity index (χ0v) is 13.6. The van der Waals surface area contributed by atoms with Crippen LogP contribution >= 0.6 is 0 Å². The van der Waals surface area contributed by atoms with Gasteiger partial charge in [-0.25, -0.2) is 0 Å². The molecule has 0 saturated heterocycles. The molecule has 0 heterocycles. The van der Waals surface area contributed by atoms with Crippen LogP contribution in [0.15, 0.2) is 48.5 Å². The Hall–Kier alpha value is -2.62. The summed E-state index contributed by atoms with van der Waals surface area (Å²) in [5.41, 5.74) is 2.90. The van der Waals surface area contributed by atoms with Gasteiger partial charge in [0.05, 0.1) is 12.5 Å². The van der Waals surface area contributed by atoms with E-state index in [-0.39, 0.29) is 18.3 Å². The molecule has 4 heteroatoms. The van der Waals surface area contributed by atoms with Crippen molar-refractivity contribution in [3.8, 4) is 5.75 Å². The molecule has 0 aliphatic heterocycles. The van der Waals surface area contributed by atoms with Crippen LogP contribution in [0.5, 0.6) is 5.75 Å². The number of carbonyl (C=O) groups is 2. The van der Waals surface area contributed by atoms with Gasteiger partial charge in [0.15, 0.2) is 0 Å². The van der Waals surface area contributed by atoms with Gasteiger partial charge in [-0.3, -0.25) is 9.59 Å². The third-order valence-corrected chi connectivity index (χ3v) is 3.50. The summed E-state index contributed by atoms with van der Waals surface area (Å²) in [4.78, 5) is 23.6. The first-order valence-corrected chi connectivity index (χ1v) is 7.55. The van der Waals surface area contributed by atoms with Crippen LogP contribution in [-0.4, -0.2) is 11.9 Å². The average molecular weight is 311 g/mol. The number of nitrogens with one attached hydrogen (secondary N) is 1. The Labute approximate surface area is 136 Å². The first kappa shape index (κ1) is 16.7. The van der Waals surface area contributed by atoms with Gasteiger partial charge in [0.1, 0.15) is 5.75 Å². The van der Waals surface area contributed by atoms with E-state index in [0.29, 0.717) is 5.75 Å². The first-order valence-electron chi connectivity index (χ1n) is 7.55. The number of amides is 1. The van der Waals surface area contributed by atoms with Crippen LogP contribution in [0, 0.1) is 13.8 Å². The largest absolute Gasteiger partial charge is 0.426 e. The molecule has 1 amide bonds. The number of benzene rings is 2. The monoisotopic (exact) mass is 311 g/mol. The van der Waals surface area contributed by atoms with Gasteiger partial charge in [-0.2, -0.15) is 0 Å². The van der Waals surface area contributed by atoms with Crippen LogP contribution in [-0.2, 0) is 9.59 Å². The number of rotatable bonds is 5. The number of ether oxygens (including phenoxy) is 1. The standard InChI is InChI=1S/C19H21NO3/c1-13-9-10-18(14(2)11-13)23-19(22)12-17(20-15(3)21)16-7-5-4-6-8-16/h4-11,17H,12H2,1-3H3,(H,20,21). The van der Waals surface area contributed by atoms with Gasteiger partial charge < -0.3 is 10.1 Å². The van der Waals surface area contributed by atoms with E-state index < -0.39 is 6.04 Å². The normalized spacial score (nSPS) is 11.6. The maximum absolute atomic E-state index is 12.2. The van der Waals surface area contributed by atoms with Crippen molar-refractivity contribution in [2.75, 3.05) is 0 Å². The molecule has 1 atom stereocenters. The molecule has 0 saturated carbocycles. The van der Waals surface area contributed by atoms with Gasteiger partial charge in [-0.05, 0) is 31.0 Å². The van der Waals surface area contributed by atoms with E-state index in [9.17, 15) is 9.59 Å². The third-order valence-electron chi connectivity index (χ3n) is 3.50. The minimum absolute atomic E-state index is 0.0803. The minimum Gasteiger partial charge on any atom is -0.426 e. The Morgan fingerprint density at radius 1 is 1.09 bits per heavy atom. The van der Waals surface area contributed by atoms with E-state index in [4.69, 9.17) is 4.74 Å². The predicted octanol–water partition coefficient (Wildman–Crippen LogP) is 3.48. The van der Waals surface area contributed by atoms with Gasteiger partial charge in [-0.1, -0.05) is 48.0 Å². The number of hydrogen-bond acceptors (Lipinski definition) is 3. The Morgan fingerprint density at radius 2 is 1.78 bits per heavy atom.